The molecule has 4 N–H and O–H groups in total. The average molecular weight is 972 g/mol. The van der Waals surface area contributed by atoms with Crippen LogP contribution in [0.15, 0.2) is 83.7 Å². The van der Waals surface area contributed by atoms with E-state index >= 15 is 0 Å². The molecule has 19 heteroatoms. The smallest absolute Gasteiger partial charge is 0.415 e. The van der Waals surface area contributed by atoms with Crippen molar-refractivity contribution in [2.45, 2.75) is 97.2 Å². The summed E-state index contributed by atoms with van der Waals surface area (Å²) < 4.78 is 18.0. The van der Waals surface area contributed by atoms with Crippen molar-refractivity contribution < 1.29 is 52.9 Å². The monoisotopic (exact) mass is 971 g/mol. The molecule has 0 saturated heterocycles. The van der Waals surface area contributed by atoms with Gasteiger partial charge in [-0.3, -0.25) is 19.2 Å². The Morgan fingerprint density at radius 1 is 0.859 bits per heavy atom. The van der Waals surface area contributed by atoms with E-state index in [2.05, 4.69) is 16.0 Å². The third-order valence-electron chi connectivity index (χ3n) is 12.7. The van der Waals surface area contributed by atoms with Gasteiger partial charge in [0.1, 0.15) is 36.8 Å². The molecule has 0 spiro atoms. The molecule has 7 rings (SSSR count). The SMILES string of the molecule is CCc1c2c(nc3ccc(OC(=O)N(C)CCN(C)C(=O)OCc4ccc(NC(=O)[C@H](C)NC(=O)[C@H](Cc5ccccc5)NC(=O)CCC(C)=O)cc4)cc13)-c1cc3c(c(=O)n1C2)COC(=O)[C@]3(O)CC. The second kappa shape index (κ2) is 21.8. The number of anilines is 1. The molecule has 0 fully saturated rings. The molecule has 0 bridgehead atoms. The summed E-state index contributed by atoms with van der Waals surface area (Å²) in [6, 6.07) is 20.5. The van der Waals surface area contributed by atoms with Crippen LogP contribution in [-0.2, 0) is 71.6 Å². The Kier molecular flexibility index (Phi) is 15.6. The van der Waals surface area contributed by atoms with Gasteiger partial charge in [-0.05, 0) is 79.8 Å². The normalized spacial score (nSPS) is 15.2. The van der Waals surface area contributed by atoms with Crippen LogP contribution in [0, 0.1) is 0 Å². The lowest BCUT2D eigenvalue weighted by molar-refractivity contribution is -0.172. The number of cyclic esters (lactones) is 1. The second-order valence-corrected chi connectivity index (χ2v) is 17.7. The number of Topliss-reactive ketones (excluding diaryl/α,β-unsaturated/α-hetero) is 1. The van der Waals surface area contributed by atoms with Gasteiger partial charge in [0.15, 0.2) is 5.60 Å². The van der Waals surface area contributed by atoms with Gasteiger partial charge in [-0.15, -0.1) is 0 Å². The molecule has 0 radical (unpaired) electrons. The van der Waals surface area contributed by atoms with Crippen LogP contribution < -0.4 is 26.2 Å². The Morgan fingerprint density at radius 2 is 1.56 bits per heavy atom. The van der Waals surface area contributed by atoms with Gasteiger partial charge in [0.2, 0.25) is 17.7 Å². The zero-order chi connectivity index (χ0) is 51.1. The lowest BCUT2D eigenvalue weighted by Gasteiger charge is -2.31. The van der Waals surface area contributed by atoms with E-state index in [0.29, 0.717) is 34.6 Å². The fourth-order valence-electron chi connectivity index (χ4n) is 8.45. The Morgan fingerprint density at radius 3 is 2.24 bits per heavy atom. The number of ether oxygens (including phenoxy) is 3. The first-order valence-corrected chi connectivity index (χ1v) is 23.4. The summed E-state index contributed by atoms with van der Waals surface area (Å²) in [6.07, 6.45) is -0.528. The maximum Gasteiger partial charge on any atom is 0.415 e. The molecule has 3 aromatic carbocycles. The van der Waals surface area contributed by atoms with Crippen LogP contribution >= 0.6 is 0 Å². The molecule has 19 nitrogen and oxygen atoms in total. The van der Waals surface area contributed by atoms with E-state index in [1.165, 1.54) is 30.7 Å². The molecular weight excluding hydrogens is 915 g/mol. The number of pyridine rings is 2. The van der Waals surface area contributed by atoms with Gasteiger partial charge < -0.3 is 54.4 Å². The minimum absolute atomic E-state index is 0.0341. The van der Waals surface area contributed by atoms with Crippen LogP contribution in [0.4, 0.5) is 15.3 Å². The highest BCUT2D eigenvalue weighted by atomic mass is 16.6. The number of esters is 1. The molecule has 0 aliphatic carbocycles. The summed E-state index contributed by atoms with van der Waals surface area (Å²) >= 11 is 0. The fourth-order valence-corrected chi connectivity index (χ4v) is 8.45. The van der Waals surface area contributed by atoms with Gasteiger partial charge in [-0.2, -0.15) is 0 Å². The van der Waals surface area contributed by atoms with Crippen LogP contribution in [-0.4, -0.2) is 105 Å². The highest BCUT2D eigenvalue weighted by Gasteiger charge is 2.45. The van der Waals surface area contributed by atoms with Crippen molar-refractivity contribution >= 4 is 58.3 Å². The summed E-state index contributed by atoms with van der Waals surface area (Å²) in [5, 5.41) is 20.1. The highest BCUT2D eigenvalue weighted by Crippen LogP contribution is 2.41. The number of hydrogen-bond acceptors (Lipinski definition) is 13. The molecule has 5 aromatic rings. The number of nitrogens with one attached hydrogen (secondary N) is 3. The van der Waals surface area contributed by atoms with Crippen LogP contribution in [0.25, 0.3) is 22.3 Å². The van der Waals surface area contributed by atoms with Gasteiger partial charge in [0.25, 0.3) is 5.56 Å². The number of hydrogen-bond donors (Lipinski definition) is 4. The predicted molar refractivity (Wildman–Crippen MR) is 260 cm³/mol. The standard InChI is InChI=1S/C52H57N7O12/c1-7-36-37-25-35(19-20-41(37)56-45-38(36)27-59-43(45)26-40-39(48(59)64)29-69-49(65)52(40,68)8-2)71-51(67)58(6)23-22-57(5)50(66)70-28-33-15-17-34(18-16-33)54-46(62)31(4)53-47(63)42(24-32-12-10-9-11-13-32)55-44(61)21-14-30(3)60/h9-13,15-20,25-26,31,42,68H,7-8,14,21-24,27-29H2,1-6H3,(H,53,63)(H,54,62)(H,55,61)/t31-,42-,52-/m0/s1. The largest absolute Gasteiger partial charge is 0.458 e. The molecule has 4 heterocycles. The van der Waals surface area contributed by atoms with Gasteiger partial charge >= 0.3 is 18.2 Å². The number of rotatable bonds is 18. The molecule has 372 valence electrons. The van der Waals surface area contributed by atoms with Crippen LogP contribution in [0.5, 0.6) is 5.75 Å². The number of aromatic nitrogens is 2. The third kappa shape index (κ3) is 11.4. The predicted octanol–water partition coefficient (Wildman–Crippen LogP) is 4.88. The van der Waals surface area contributed by atoms with Crippen LogP contribution in [0.1, 0.15) is 80.3 Å². The van der Waals surface area contributed by atoms with Gasteiger partial charge in [0.05, 0.1) is 29.0 Å². The maximum absolute atomic E-state index is 13.7. The average Bonchev–Trinajstić information content (AvgIpc) is 3.73. The number of aryl methyl sites for hydroxylation is 1. The number of nitrogens with zero attached hydrogens (tertiary/aromatic N) is 4. The topological polar surface area (TPSA) is 245 Å². The van der Waals surface area contributed by atoms with E-state index in [1.807, 2.05) is 37.3 Å². The molecule has 71 heavy (non-hydrogen) atoms. The number of carbonyl (C=O) groups is 7. The third-order valence-corrected chi connectivity index (χ3v) is 12.7. The number of ketones is 1. The molecule has 0 saturated carbocycles. The first-order chi connectivity index (χ1) is 33.9. The van der Waals surface area contributed by atoms with Crippen molar-refractivity contribution in [2.24, 2.45) is 0 Å². The van der Waals surface area contributed by atoms with Gasteiger partial charge in [0, 0.05) is 68.6 Å². The van der Waals surface area contributed by atoms with Crippen molar-refractivity contribution in [1.29, 1.82) is 0 Å². The molecule has 2 aliphatic heterocycles. The number of aliphatic hydroxyl groups is 1. The summed E-state index contributed by atoms with van der Waals surface area (Å²) in [4.78, 5) is 110. The summed E-state index contributed by atoms with van der Waals surface area (Å²) in [7, 11) is 3.07. The second-order valence-electron chi connectivity index (χ2n) is 17.7. The van der Waals surface area contributed by atoms with Crippen molar-refractivity contribution in [3.63, 3.8) is 0 Å². The van der Waals surface area contributed by atoms with Crippen molar-refractivity contribution in [3.8, 4) is 17.1 Å². The minimum Gasteiger partial charge on any atom is -0.458 e. The zero-order valence-electron chi connectivity index (χ0n) is 40.5. The Labute approximate surface area is 409 Å². The lowest BCUT2D eigenvalue weighted by atomic mass is 9.86. The maximum atomic E-state index is 13.7. The van der Waals surface area contributed by atoms with E-state index in [9.17, 15) is 43.5 Å². The first kappa shape index (κ1) is 50.9. The van der Waals surface area contributed by atoms with E-state index in [0.717, 1.165) is 22.1 Å². The van der Waals surface area contributed by atoms with Gasteiger partial charge in [-0.25, -0.2) is 19.4 Å². The van der Waals surface area contributed by atoms with Crippen LogP contribution in [0.2, 0.25) is 0 Å². The van der Waals surface area contributed by atoms with E-state index in [1.54, 1.807) is 67.1 Å². The Bertz CT molecular complexity index is 2960. The Balaban J connectivity index is 0.882. The van der Waals surface area contributed by atoms with Crippen molar-refractivity contribution in [2.75, 3.05) is 32.5 Å². The molecule has 5 amide bonds. The number of fused-ring (bicyclic) bond motifs is 5. The van der Waals surface area contributed by atoms with Crippen molar-refractivity contribution in [3.05, 3.63) is 123 Å². The molecule has 0 unspecified atom stereocenters. The van der Waals surface area contributed by atoms with E-state index in [4.69, 9.17) is 19.2 Å². The Hall–Kier alpha value is -7.93. The molecule has 3 atom stereocenters. The highest BCUT2D eigenvalue weighted by molar-refractivity contribution is 5.98. The van der Waals surface area contributed by atoms with Gasteiger partial charge in [-0.1, -0.05) is 56.3 Å². The van der Waals surface area contributed by atoms with E-state index in [-0.39, 0.29) is 86.8 Å². The quantitative estimate of drug-likeness (QED) is 0.0841. The summed E-state index contributed by atoms with van der Waals surface area (Å²) in [5.74, 6) is -2.19. The van der Waals surface area contributed by atoms with Crippen molar-refractivity contribution in [1.82, 2.24) is 30.0 Å². The molecule has 2 aliphatic rings. The summed E-state index contributed by atoms with van der Waals surface area (Å²) in [5.41, 5.74) is 3.44. The summed E-state index contributed by atoms with van der Waals surface area (Å²) in [6.45, 7) is 6.69. The minimum atomic E-state index is -1.94. The molecule has 2 aromatic heterocycles. The molecular formula is C52H57N7O12. The first-order valence-electron chi connectivity index (χ1n) is 23.4. The zero-order valence-corrected chi connectivity index (χ0v) is 40.5. The number of carbonyl (C=O) groups excluding carboxylic acids is 7. The number of benzene rings is 3. The fraction of sp³-hybridized carbons (Fsp3) is 0.365. The van der Waals surface area contributed by atoms with E-state index < -0.39 is 53.6 Å². The van der Waals surface area contributed by atoms with Crippen LogP contribution in [0.3, 0.4) is 0 Å². The lowest BCUT2D eigenvalue weighted by Crippen LogP contribution is -2.52. The number of likely N-dealkylation sites (N-methyl/N-ethyl adjacent to an activating group) is 2. The number of amides is 5.